The molecule has 0 atom stereocenters. The lowest BCUT2D eigenvalue weighted by Gasteiger charge is -2.06. The first-order valence-electron chi connectivity index (χ1n) is 5.40. The van der Waals surface area contributed by atoms with E-state index >= 15 is 0 Å². The molecule has 0 saturated carbocycles. The lowest BCUT2D eigenvalue weighted by molar-refractivity contribution is 0.0975. The second-order valence-electron chi connectivity index (χ2n) is 4.43. The van der Waals surface area contributed by atoms with Gasteiger partial charge < -0.3 is 5.73 Å². The molecule has 1 aromatic carbocycles. The molecule has 0 fully saturated rings. The van der Waals surface area contributed by atoms with Gasteiger partial charge in [-0.15, -0.1) is 0 Å². The lowest BCUT2D eigenvalue weighted by atomic mass is 10.00. The van der Waals surface area contributed by atoms with E-state index in [0.29, 0.717) is 12.3 Å². The molecule has 2 heteroatoms. The monoisotopic (exact) mass is 205 g/mol. The number of anilines is 1. The number of benzene rings is 1. The van der Waals surface area contributed by atoms with E-state index in [4.69, 9.17) is 5.73 Å². The standard InChI is InChI=1S/C13H19NO/c1-9(2)4-7-13(15)11-5-6-12(14)10(3)8-11/h5-6,8-9H,4,7,14H2,1-3H3. The zero-order valence-corrected chi connectivity index (χ0v) is 9.71. The molecule has 0 spiro atoms. The lowest BCUT2D eigenvalue weighted by Crippen LogP contribution is -2.02. The predicted octanol–water partition coefficient (Wildman–Crippen LogP) is 3.20. The van der Waals surface area contributed by atoms with Gasteiger partial charge in [0.2, 0.25) is 0 Å². The summed E-state index contributed by atoms with van der Waals surface area (Å²) in [6, 6.07) is 5.49. The fourth-order valence-electron chi connectivity index (χ4n) is 1.41. The summed E-state index contributed by atoms with van der Waals surface area (Å²) in [4.78, 5) is 11.8. The van der Waals surface area contributed by atoms with Crippen molar-refractivity contribution in [2.24, 2.45) is 5.92 Å². The third kappa shape index (κ3) is 3.39. The molecule has 0 heterocycles. The summed E-state index contributed by atoms with van der Waals surface area (Å²) in [5.41, 5.74) is 8.20. The molecule has 0 aliphatic carbocycles. The number of nitrogen functional groups attached to an aromatic ring is 1. The van der Waals surface area contributed by atoms with E-state index in [9.17, 15) is 4.79 Å². The second-order valence-corrected chi connectivity index (χ2v) is 4.43. The number of Topliss-reactive ketones (excluding diaryl/α,β-unsaturated/α-hetero) is 1. The number of hydrogen-bond acceptors (Lipinski definition) is 2. The molecule has 2 N–H and O–H groups in total. The Hall–Kier alpha value is -1.31. The number of nitrogens with two attached hydrogens (primary N) is 1. The Balaban J connectivity index is 2.70. The van der Waals surface area contributed by atoms with Crippen LogP contribution in [0.1, 0.15) is 42.6 Å². The van der Waals surface area contributed by atoms with Crippen LogP contribution in [-0.4, -0.2) is 5.78 Å². The zero-order chi connectivity index (χ0) is 11.4. The van der Waals surface area contributed by atoms with Crippen LogP contribution in [-0.2, 0) is 0 Å². The minimum Gasteiger partial charge on any atom is -0.399 e. The molecule has 0 unspecified atom stereocenters. The summed E-state index contributed by atoms with van der Waals surface area (Å²) in [5.74, 6) is 0.788. The average molecular weight is 205 g/mol. The molecular formula is C13H19NO. The maximum atomic E-state index is 11.8. The first-order valence-corrected chi connectivity index (χ1v) is 5.40. The van der Waals surface area contributed by atoms with Gasteiger partial charge >= 0.3 is 0 Å². The zero-order valence-electron chi connectivity index (χ0n) is 9.71. The van der Waals surface area contributed by atoms with Crippen molar-refractivity contribution < 1.29 is 4.79 Å². The molecule has 0 aromatic heterocycles. The first-order chi connectivity index (χ1) is 7.00. The number of ketones is 1. The Bertz CT molecular complexity index is 356. The quantitative estimate of drug-likeness (QED) is 0.606. The summed E-state index contributed by atoms with van der Waals surface area (Å²) in [6.07, 6.45) is 1.57. The average Bonchev–Trinajstić information content (AvgIpc) is 2.18. The number of hydrogen-bond donors (Lipinski definition) is 1. The van der Waals surface area contributed by atoms with Gasteiger partial charge in [0.1, 0.15) is 0 Å². The Morgan fingerprint density at radius 3 is 2.60 bits per heavy atom. The van der Waals surface area contributed by atoms with Crippen LogP contribution in [0.15, 0.2) is 18.2 Å². The molecule has 0 aliphatic heterocycles. The third-order valence-corrected chi connectivity index (χ3v) is 2.54. The van der Waals surface area contributed by atoms with Gasteiger partial charge in [0, 0.05) is 17.7 Å². The molecule has 0 amide bonds. The van der Waals surface area contributed by atoms with Gasteiger partial charge in [-0.25, -0.2) is 0 Å². The normalized spacial score (nSPS) is 10.7. The molecule has 0 saturated heterocycles. The fourth-order valence-corrected chi connectivity index (χ4v) is 1.41. The highest BCUT2D eigenvalue weighted by Gasteiger charge is 2.07. The van der Waals surface area contributed by atoms with Crippen molar-refractivity contribution in [1.82, 2.24) is 0 Å². The minimum absolute atomic E-state index is 0.215. The van der Waals surface area contributed by atoms with Gasteiger partial charge in [-0.1, -0.05) is 13.8 Å². The van der Waals surface area contributed by atoms with E-state index in [0.717, 1.165) is 23.2 Å². The second kappa shape index (κ2) is 4.96. The molecule has 82 valence electrons. The van der Waals surface area contributed by atoms with Crippen LogP contribution in [0.25, 0.3) is 0 Å². The predicted molar refractivity (Wildman–Crippen MR) is 64.0 cm³/mol. The highest BCUT2D eigenvalue weighted by molar-refractivity contribution is 5.96. The Morgan fingerprint density at radius 2 is 2.07 bits per heavy atom. The molecule has 0 aliphatic rings. The highest BCUT2D eigenvalue weighted by atomic mass is 16.1. The van der Waals surface area contributed by atoms with Gasteiger partial charge in [-0.05, 0) is 43.0 Å². The van der Waals surface area contributed by atoms with Crippen molar-refractivity contribution in [3.8, 4) is 0 Å². The SMILES string of the molecule is Cc1cc(C(=O)CCC(C)C)ccc1N. The van der Waals surface area contributed by atoms with E-state index in [1.165, 1.54) is 0 Å². The Labute approximate surface area is 91.5 Å². The molecule has 1 rings (SSSR count). The number of aryl methyl sites for hydroxylation is 1. The molecule has 15 heavy (non-hydrogen) atoms. The van der Waals surface area contributed by atoms with Crippen LogP contribution in [0.5, 0.6) is 0 Å². The van der Waals surface area contributed by atoms with E-state index < -0.39 is 0 Å². The van der Waals surface area contributed by atoms with Gasteiger partial charge in [-0.2, -0.15) is 0 Å². The smallest absolute Gasteiger partial charge is 0.162 e. The molecule has 0 bridgehead atoms. The van der Waals surface area contributed by atoms with E-state index in [1.807, 2.05) is 19.1 Å². The summed E-state index contributed by atoms with van der Waals surface area (Å²) in [6.45, 7) is 6.18. The van der Waals surface area contributed by atoms with Crippen LogP contribution in [0.3, 0.4) is 0 Å². The van der Waals surface area contributed by atoms with E-state index in [1.54, 1.807) is 6.07 Å². The van der Waals surface area contributed by atoms with Crippen LogP contribution in [0, 0.1) is 12.8 Å². The topological polar surface area (TPSA) is 43.1 Å². The van der Waals surface area contributed by atoms with Crippen LogP contribution < -0.4 is 5.73 Å². The van der Waals surface area contributed by atoms with Crippen molar-refractivity contribution >= 4 is 11.5 Å². The summed E-state index contributed by atoms with van der Waals surface area (Å²) in [7, 11) is 0. The van der Waals surface area contributed by atoms with Crippen LogP contribution in [0.2, 0.25) is 0 Å². The largest absolute Gasteiger partial charge is 0.399 e. The first kappa shape index (κ1) is 11.8. The molecular weight excluding hydrogens is 186 g/mol. The molecule has 0 radical (unpaired) electrons. The van der Waals surface area contributed by atoms with Crippen molar-refractivity contribution in [3.63, 3.8) is 0 Å². The molecule has 1 aromatic rings. The van der Waals surface area contributed by atoms with E-state index in [2.05, 4.69) is 13.8 Å². The van der Waals surface area contributed by atoms with Crippen LogP contribution in [0.4, 0.5) is 5.69 Å². The van der Waals surface area contributed by atoms with E-state index in [-0.39, 0.29) is 5.78 Å². The fraction of sp³-hybridized carbons (Fsp3) is 0.462. The van der Waals surface area contributed by atoms with Gasteiger partial charge in [-0.3, -0.25) is 4.79 Å². The molecule has 2 nitrogen and oxygen atoms in total. The van der Waals surface area contributed by atoms with Gasteiger partial charge in [0.15, 0.2) is 5.78 Å². The maximum Gasteiger partial charge on any atom is 0.162 e. The Kier molecular flexibility index (Phi) is 3.89. The number of rotatable bonds is 4. The number of carbonyl (C=O) groups is 1. The van der Waals surface area contributed by atoms with Crippen LogP contribution >= 0.6 is 0 Å². The van der Waals surface area contributed by atoms with Gasteiger partial charge in [0.25, 0.3) is 0 Å². The van der Waals surface area contributed by atoms with Crippen molar-refractivity contribution in [2.75, 3.05) is 5.73 Å². The Morgan fingerprint density at radius 1 is 1.40 bits per heavy atom. The summed E-state index contributed by atoms with van der Waals surface area (Å²) < 4.78 is 0. The maximum absolute atomic E-state index is 11.8. The summed E-state index contributed by atoms with van der Waals surface area (Å²) >= 11 is 0. The third-order valence-electron chi connectivity index (χ3n) is 2.54. The minimum atomic E-state index is 0.215. The van der Waals surface area contributed by atoms with Gasteiger partial charge in [0.05, 0.1) is 0 Å². The summed E-state index contributed by atoms with van der Waals surface area (Å²) in [5, 5.41) is 0. The number of carbonyl (C=O) groups excluding carboxylic acids is 1. The van der Waals surface area contributed by atoms with Crippen molar-refractivity contribution in [1.29, 1.82) is 0 Å². The van der Waals surface area contributed by atoms with Crippen molar-refractivity contribution in [2.45, 2.75) is 33.6 Å². The van der Waals surface area contributed by atoms with Crippen molar-refractivity contribution in [3.05, 3.63) is 29.3 Å². The highest BCUT2D eigenvalue weighted by Crippen LogP contribution is 2.15.